The summed E-state index contributed by atoms with van der Waals surface area (Å²) in [6, 6.07) is 9.95. The molecule has 9 heteroatoms. The molecule has 0 radical (unpaired) electrons. The third-order valence-corrected chi connectivity index (χ3v) is 6.45. The van der Waals surface area contributed by atoms with E-state index in [4.69, 9.17) is 10.5 Å². The molecule has 3 heterocycles. The molecule has 0 bridgehead atoms. The molecular weight excluding hydrogens is 418 g/mol. The van der Waals surface area contributed by atoms with E-state index in [2.05, 4.69) is 26.3 Å². The molecule has 3 aromatic rings. The lowest BCUT2D eigenvalue weighted by Gasteiger charge is -2.42. The number of nitriles is 1. The van der Waals surface area contributed by atoms with Crippen LogP contribution < -0.4 is 20.7 Å². The SMILES string of the molecule is COc1cc(-c2cc(N)nc(-n3ccnc3)c2C#N)cc(N2CC(NC(=O)C3(C)CC3)C2)c1. The number of anilines is 2. The maximum Gasteiger partial charge on any atom is 0.226 e. The number of nitrogens with two attached hydrogens (primary N) is 1. The lowest BCUT2D eigenvalue weighted by Crippen LogP contribution is -2.60. The van der Waals surface area contributed by atoms with Gasteiger partial charge in [0.05, 0.1) is 13.2 Å². The fraction of sp³-hybridized carbons (Fsp3) is 0.333. The number of imidazole rings is 1. The number of nitrogen functional groups attached to an aromatic ring is 1. The summed E-state index contributed by atoms with van der Waals surface area (Å²) in [6.45, 7) is 3.45. The Balaban J connectivity index is 1.45. The number of carbonyl (C=O) groups is 1. The van der Waals surface area contributed by atoms with Crippen molar-refractivity contribution in [3.8, 4) is 28.8 Å². The maximum absolute atomic E-state index is 12.3. The van der Waals surface area contributed by atoms with Crippen molar-refractivity contribution in [2.75, 3.05) is 30.8 Å². The summed E-state index contributed by atoms with van der Waals surface area (Å²) < 4.78 is 7.21. The molecule has 1 aliphatic heterocycles. The number of ether oxygens (including phenoxy) is 1. The number of nitrogens with one attached hydrogen (secondary N) is 1. The van der Waals surface area contributed by atoms with Gasteiger partial charge in [0.1, 0.15) is 29.5 Å². The molecule has 2 aromatic heterocycles. The first-order valence-electron chi connectivity index (χ1n) is 10.8. The molecule has 1 aliphatic carbocycles. The third-order valence-electron chi connectivity index (χ3n) is 6.45. The lowest BCUT2D eigenvalue weighted by atomic mass is 9.98. The van der Waals surface area contributed by atoms with Crippen LogP contribution in [0.1, 0.15) is 25.3 Å². The number of pyridine rings is 1. The van der Waals surface area contributed by atoms with Gasteiger partial charge in [-0.05, 0) is 36.6 Å². The quantitative estimate of drug-likeness (QED) is 0.600. The van der Waals surface area contributed by atoms with E-state index in [0.717, 1.165) is 37.2 Å². The van der Waals surface area contributed by atoms with Crippen molar-refractivity contribution in [3.05, 3.63) is 48.5 Å². The Morgan fingerprint density at radius 1 is 1.30 bits per heavy atom. The molecule has 33 heavy (non-hydrogen) atoms. The van der Waals surface area contributed by atoms with Crippen molar-refractivity contribution in [1.29, 1.82) is 5.26 Å². The van der Waals surface area contributed by atoms with Gasteiger partial charge in [-0.15, -0.1) is 0 Å². The number of hydrogen-bond acceptors (Lipinski definition) is 7. The standard InChI is InChI=1S/C24H25N7O2/c1-24(3-4-24)23(32)28-16-12-31(13-16)17-7-15(8-18(9-17)33-2)19-10-21(26)29-22(20(19)11-25)30-6-5-27-14-30/h5-10,14,16H,3-4,12-13H2,1-2H3,(H2,26,29)(H,28,32). The van der Waals surface area contributed by atoms with Crippen LogP contribution in [-0.2, 0) is 4.79 Å². The van der Waals surface area contributed by atoms with Crippen molar-refractivity contribution in [3.63, 3.8) is 0 Å². The molecule has 0 spiro atoms. The molecule has 1 aromatic carbocycles. The average Bonchev–Trinajstić information content (AvgIpc) is 3.31. The van der Waals surface area contributed by atoms with Crippen LogP contribution in [0.5, 0.6) is 5.75 Å². The number of rotatable bonds is 6. The van der Waals surface area contributed by atoms with Gasteiger partial charge in [-0.3, -0.25) is 9.36 Å². The molecule has 5 rings (SSSR count). The van der Waals surface area contributed by atoms with Gasteiger partial charge < -0.3 is 20.7 Å². The van der Waals surface area contributed by atoms with Gasteiger partial charge in [-0.1, -0.05) is 6.92 Å². The van der Waals surface area contributed by atoms with Crippen LogP contribution in [0, 0.1) is 16.7 Å². The Bertz CT molecular complexity index is 1250. The highest BCUT2D eigenvalue weighted by Crippen LogP contribution is 2.45. The molecule has 1 saturated heterocycles. The summed E-state index contributed by atoms with van der Waals surface area (Å²) >= 11 is 0. The molecule has 1 amide bonds. The average molecular weight is 444 g/mol. The number of hydrogen-bond donors (Lipinski definition) is 2. The first-order chi connectivity index (χ1) is 15.9. The number of carbonyl (C=O) groups excluding carboxylic acids is 1. The van der Waals surface area contributed by atoms with Crippen molar-refractivity contribution in [2.24, 2.45) is 5.41 Å². The zero-order valence-corrected chi connectivity index (χ0v) is 18.6. The minimum Gasteiger partial charge on any atom is -0.497 e. The largest absolute Gasteiger partial charge is 0.497 e. The van der Waals surface area contributed by atoms with Crippen molar-refractivity contribution in [2.45, 2.75) is 25.8 Å². The van der Waals surface area contributed by atoms with Gasteiger partial charge in [0.15, 0.2) is 5.82 Å². The van der Waals surface area contributed by atoms with Crippen LogP contribution in [0.15, 0.2) is 43.0 Å². The van der Waals surface area contributed by atoms with E-state index in [1.807, 2.05) is 25.1 Å². The molecule has 0 atom stereocenters. The van der Waals surface area contributed by atoms with Crippen molar-refractivity contribution < 1.29 is 9.53 Å². The lowest BCUT2D eigenvalue weighted by molar-refractivity contribution is -0.126. The van der Waals surface area contributed by atoms with E-state index >= 15 is 0 Å². The fourth-order valence-corrected chi connectivity index (χ4v) is 4.05. The first kappa shape index (κ1) is 20.8. The van der Waals surface area contributed by atoms with Crippen LogP contribution in [0.4, 0.5) is 11.5 Å². The van der Waals surface area contributed by atoms with E-state index in [0.29, 0.717) is 28.5 Å². The Morgan fingerprint density at radius 3 is 2.73 bits per heavy atom. The monoisotopic (exact) mass is 443 g/mol. The molecule has 9 nitrogen and oxygen atoms in total. The highest BCUT2D eigenvalue weighted by molar-refractivity contribution is 5.85. The maximum atomic E-state index is 12.3. The molecule has 168 valence electrons. The van der Waals surface area contributed by atoms with Crippen LogP contribution in [-0.4, -0.2) is 46.7 Å². The zero-order chi connectivity index (χ0) is 23.2. The second kappa shape index (κ2) is 7.81. The Morgan fingerprint density at radius 2 is 2.09 bits per heavy atom. The Hall–Kier alpha value is -4.06. The van der Waals surface area contributed by atoms with Crippen molar-refractivity contribution >= 4 is 17.4 Å². The van der Waals surface area contributed by atoms with Crippen LogP contribution in [0.3, 0.4) is 0 Å². The minimum absolute atomic E-state index is 0.128. The number of aromatic nitrogens is 3. The second-order valence-corrected chi connectivity index (χ2v) is 8.93. The second-order valence-electron chi connectivity index (χ2n) is 8.93. The first-order valence-corrected chi connectivity index (χ1v) is 10.8. The van der Waals surface area contributed by atoms with Crippen LogP contribution >= 0.6 is 0 Å². The van der Waals surface area contributed by atoms with E-state index in [9.17, 15) is 10.1 Å². The summed E-state index contributed by atoms with van der Waals surface area (Å²) in [5.41, 5.74) is 8.74. The molecule has 2 fully saturated rings. The highest BCUT2D eigenvalue weighted by Gasteiger charge is 2.46. The summed E-state index contributed by atoms with van der Waals surface area (Å²) in [4.78, 5) is 22.9. The molecular formula is C24H25N7O2. The number of methoxy groups -OCH3 is 1. The predicted octanol–water partition coefficient (Wildman–Crippen LogP) is 2.50. The molecule has 2 aliphatic rings. The molecule has 1 saturated carbocycles. The van der Waals surface area contributed by atoms with Gasteiger partial charge in [0, 0.05) is 48.2 Å². The zero-order valence-electron chi connectivity index (χ0n) is 18.6. The summed E-state index contributed by atoms with van der Waals surface area (Å²) in [6.07, 6.45) is 6.86. The van der Waals surface area contributed by atoms with E-state index in [1.54, 1.807) is 36.5 Å². The van der Waals surface area contributed by atoms with Gasteiger partial charge in [-0.25, -0.2) is 9.97 Å². The Labute approximate surface area is 191 Å². The van der Waals surface area contributed by atoms with E-state index in [-0.39, 0.29) is 17.4 Å². The highest BCUT2D eigenvalue weighted by atomic mass is 16.5. The number of nitrogens with zero attached hydrogens (tertiary/aromatic N) is 5. The topological polar surface area (TPSA) is 122 Å². The van der Waals surface area contributed by atoms with Gasteiger partial charge in [-0.2, -0.15) is 5.26 Å². The minimum atomic E-state index is -0.175. The van der Waals surface area contributed by atoms with Crippen LogP contribution in [0.25, 0.3) is 16.9 Å². The number of benzene rings is 1. The van der Waals surface area contributed by atoms with E-state index < -0.39 is 0 Å². The normalized spacial score (nSPS) is 16.6. The van der Waals surface area contributed by atoms with Gasteiger partial charge in [0.2, 0.25) is 5.91 Å². The fourth-order valence-electron chi connectivity index (χ4n) is 4.05. The van der Waals surface area contributed by atoms with Gasteiger partial charge in [0.25, 0.3) is 0 Å². The number of amides is 1. The molecule has 3 N–H and O–H groups in total. The smallest absolute Gasteiger partial charge is 0.226 e. The summed E-state index contributed by atoms with van der Waals surface area (Å²) in [5.74, 6) is 1.55. The van der Waals surface area contributed by atoms with E-state index in [1.165, 1.54) is 0 Å². The third kappa shape index (κ3) is 3.84. The molecule has 0 unspecified atom stereocenters. The van der Waals surface area contributed by atoms with Gasteiger partial charge >= 0.3 is 0 Å². The predicted molar refractivity (Wildman–Crippen MR) is 124 cm³/mol. The van der Waals surface area contributed by atoms with Crippen molar-refractivity contribution in [1.82, 2.24) is 19.9 Å². The summed E-state index contributed by atoms with van der Waals surface area (Å²) in [5, 5.41) is 13.1. The van der Waals surface area contributed by atoms with Crippen LogP contribution in [0.2, 0.25) is 0 Å². The summed E-state index contributed by atoms with van der Waals surface area (Å²) in [7, 11) is 1.61. The Kier molecular flexibility index (Phi) is 4.93.